The van der Waals surface area contributed by atoms with Crippen molar-refractivity contribution in [3.63, 3.8) is 0 Å². The molecule has 2 aliphatic rings. The van der Waals surface area contributed by atoms with Crippen LogP contribution in [0.2, 0.25) is 0 Å². The van der Waals surface area contributed by atoms with Crippen molar-refractivity contribution in [2.75, 3.05) is 0 Å². The fourth-order valence-electron chi connectivity index (χ4n) is 8.51. The Kier molecular flexibility index (Phi) is 13.3. The number of rotatable bonds is 15. The van der Waals surface area contributed by atoms with Gasteiger partial charge in [0.25, 0.3) is 0 Å². The first-order chi connectivity index (χ1) is 22.5. The van der Waals surface area contributed by atoms with E-state index < -0.39 is 11.6 Å². The smallest absolute Gasteiger partial charge is 0.166 e. The van der Waals surface area contributed by atoms with Crippen LogP contribution in [0.1, 0.15) is 146 Å². The van der Waals surface area contributed by atoms with Crippen LogP contribution in [0.15, 0.2) is 54.6 Å². The van der Waals surface area contributed by atoms with Crippen LogP contribution in [0.5, 0.6) is 0 Å². The fraction of sp³-hybridized carbons (Fsp3) is 0.581. The van der Waals surface area contributed by atoms with E-state index in [1.54, 1.807) is 18.2 Å². The van der Waals surface area contributed by atoms with Gasteiger partial charge in [-0.2, -0.15) is 0 Å². The largest absolute Gasteiger partial charge is 0.207 e. The summed E-state index contributed by atoms with van der Waals surface area (Å²) in [6, 6.07) is 16.5. The molecule has 2 fully saturated rings. The molecule has 0 spiro atoms. The maximum atomic E-state index is 15.5. The van der Waals surface area contributed by atoms with Gasteiger partial charge in [-0.25, -0.2) is 13.2 Å². The molecular weight excluding hydrogens is 573 g/mol. The first-order valence-electron chi connectivity index (χ1n) is 18.9. The van der Waals surface area contributed by atoms with E-state index in [2.05, 4.69) is 13.8 Å². The molecule has 5 rings (SSSR count). The van der Waals surface area contributed by atoms with Crippen LogP contribution in [0, 0.1) is 35.2 Å². The van der Waals surface area contributed by atoms with E-state index in [1.165, 1.54) is 77.0 Å². The minimum atomic E-state index is -0.785. The van der Waals surface area contributed by atoms with E-state index >= 15 is 8.78 Å². The first kappa shape index (κ1) is 34.8. The molecule has 0 nitrogen and oxygen atoms in total. The minimum Gasteiger partial charge on any atom is -0.207 e. The van der Waals surface area contributed by atoms with Crippen molar-refractivity contribution in [3.8, 4) is 22.3 Å². The molecule has 0 N–H and O–H groups in total. The highest BCUT2D eigenvalue weighted by Gasteiger charge is 2.32. The van der Waals surface area contributed by atoms with Crippen LogP contribution < -0.4 is 0 Å². The van der Waals surface area contributed by atoms with E-state index in [0.717, 1.165) is 73.0 Å². The molecule has 0 atom stereocenters. The zero-order valence-electron chi connectivity index (χ0n) is 28.6. The molecule has 0 saturated heterocycles. The van der Waals surface area contributed by atoms with Gasteiger partial charge in [0.1, 0.15) is 5.82 Å². The Bertz CT molecular complexity index is 1340. The van der Waals surface area contributed by atoms with Gasteiger partial charge < -0.3 is 0 Å². The maximum Gasteiger partial charge on any atom is 0.166 e. The zero-order chi connectivity index (χ0) is 32.3. The predicted octanol–water partition coefficient (Wildman–Crippen LogP) is 14.0. The van der Waals surface area contributed by atoms with E-state index in [0.29, 0.717) is 23.5 Å². The highest BCUT2D eigenvalue weighted by Crippen LogP contribution is 2.45. The monoisotopic (exact) mass is 630 g/mol. The summed E-state index contributed by atoms with van der Waals surface area (Å²) in [6.45, 7) is 4.42. The zero-order valence-corrected chi connectivity index (χ0v) is 28.6. The summed E-state index contributed by atoms with van der Waals surface area (Å²) >= 11 is 0. The lowest BCUT2D eigenvalue weighted by atomic mass is 9.68. The second kappa shape index (κ2) is 17.6. The normalized spacial score (nSPS) is 21.8. The summed E-state index contributed by atoms with van der Waals surface area (Å²) in [5.41, 5.74) is 3.90. The molecule has 46 heavy (non-hydrogen) atoms. The standard InChI is InChI=1S/C43H57F3/c1-3-5-7-9-10-12-31-14-16-32(17-15-31)33-18-22-35(23-19-33)39-28-27-38(30-41(39)44)34-20-24-36(25-21-34)40-29-26-37(42(45)43(40)46)13-11-8-6-4-2/h20-21,24-33,35H,3-19,22-23H2,1-2H3. The van der Waals surface area contributed by atoms with Crippen molar-refractivity contribution < 1.29 is 13.2 Å². The number of hydrogen-bond donors (Lipinski definition) is 0. The molecule has 250 valence electrons. The first-order valence-corrected chi connectivity index (χ1v) is 18.9. The van der Waals surface area contributed by atoms with Gasteiger partial charge in [-0.05, 0) is 109 Å². The number of hydrogen-bond acceptors (Lipinski definition) is 0. The topological polar surface area (TPSA) is 0 Å². The maximum absolute atomic E-state index is 15.5. The lowest BCUT2D eigenvalue weighted by molar-refractivity contribution is 0.155. The third-order valence-electron chi connectivity index (χ3n) is 11.5. The molecule has 0 amide bonds. The molecule has 0 bridgehead atoms. The van der Waals surface area contributed by atoms with Crippen LogP contribution in [0.25, 0.3) is 22.3 Å². The van der Waals surface area contributed by atoms with Crippen molar-refractivity contribution in [1.82, 2.24) is 0 Å². The van der Waals surface area contributed by atoms with Crippen LogP contribution in [-0.2, 0) is 6.42 Å². The average Bonchev–Trinajstić information content (AvgIpc) is 3.09. The van der Waals surface area contributed by atoms with E-state index in [4.69, 9.17) is 0 Å². The molecule has 0 aromatic heterocycles. The molecule has 3 aromatic rings. The SMILES string of the molecule is CCCCCCCC1CCC(C2CCC(c3ccc(-c4ccc(-c5ccc(CCCCCC)c(F)c5F)cc4)cc3F)CC2)CC1. The summed E-state index contributed by atoms with van der Waals surface area (Å²) in [6.07, 6.45) is 23.4. The molecule has 2 aliphatic carbocycles. The van der Waals surface area contributed by atoms with Crippen LogP contribution in [0.4, 0.5) is 13.2 Å². The Hall–Kier alpha value is -2.55. The van der Waals surface area contributed by atoms with Gasteiger partial charge in [0.05, 0.1) is 0 Å². The van der Waals surface area contributed by atoms with Gasteiger partial charge in [-0.15, -0.1) is 0 Å². The third-order valence-corrected chi connectivity index (χ3v) is 11.5. The molecule has 0 aliphatic heterocycles. The Labute approximate surface area is 277 Å². The van der Waals surface area contributed by atoms with Crippen molar-refractivity contribution in [2.24, 2.45) is 17.8 Å². The molecule has 3 heteroatoms. The number of aryl methyl sites for hydroxylation is 1. The molecule has 0 heterocycles. The van der Waals surface area contributed by atoms with Crippen LogP contribution in [-0.4, -0.2) is 0 Å². The Morgan fingerprint density at radius 3 is 1.78 bits per heavy atom. The number of unbranched alkanes of at least 4 members (excludes halogenated alkanes) is 7. The Balaban J connectivity index is 1.12. The van der Waals surface area contributed by atoms with E-state index in [9.17, 15) is 4.39 Å². The summed E-state index contributed by atoms with van der Waals surface area (Å²) in [4.78, 5) is 0. The van der Waals surface area contributed by atoms with Gasteiger partial charge in [-0.1, -0.05) is 133 Å². The van der Waals surface area contributed by atoms with Crippen molar-refractivity contribution in [3.05, 3.63) is 83.2 Å². The van der Waals surface area contributed by atoms with Gasteiger partial charge in [0.2, 0.25) is 0 Å². The van der Waals surface area contributed by atoms with E-state index in [-0.39, 0.29) is 11.4 Å². The number of benzene rings is 3. The Morgan fingerprint density at radius 2 is 1.13 bits per heavy atom. The second-order valence-electron chi connectivity index (χ2n) is 14.6. The van der Waals surface area contributed by atoms with Gasteiger partial charge in [-0.3, -0.25) is 0 Å². The fourth-order valence-corrected chi connectivity index (χ4v) is 8.51. The number of halogens is 3. The van der Waals surface area contributed by atoms with Crippen molar-refractivity contribution in [2.45, 2.75) is 142 Å². The highest BCUT2D eigenvalue weighted by atomic mass is 19.2. The second-order valence-corrected chi connectivity index (χ2v) is 14.6. The molecular formula is C43H57F3. The lowest BCUT2D eigenvalue weighted by Crippen LogP contribution is -2.25. The summed E-state index contributed by atoms with van der Waals surface area (Å²) in [5, 5.41) is 0. The summed E-state index contributed by atoms with van der Waals surface area (Å²) < 4.78 is 45.3. The minimum absolute atomic E-state index is 0.118. The lowest BCUT2D eigenvalue weighted by Gasteiger charge is -2.38. The average molecular weight is 631 g/mol. The van der Waals surface area contributed by atoms with E-state index in [1.807, 2.05) is 36.4 Å². The highest BCUT2D eigenvalue weighted by molar-refractivity contribution is 5.71. The molecule has 0 unspecified atom stereocenters. The molecule has 2 saturated carbocycles. The third kappa shape index (κ3) is 9.07. The molecule has 3 aromatic carbocycles. The quantitative estimate of drug-likeness (QED) is 0.147. The van der Waals surface area contributed by atoms with Crippen molar-refractivity contribution in [1.29, 1.82) is 0 Å². The van der Waals surface area contributed by atoms with Crippen LogP contribution >= 0.6 is 0 Å². The van der Waals surface area contributed by atoms with Gasteiger partial charge >= 0.3 is 0 Å². The molecule has 0 radical (unpaired) electrons. The summed E-state index contributed by atoms with van der Waals surface area (Å²) in [7, 11) is 0. The Morgan fingerprint density at radius 1 is 0.543 bits per heavy atom. The predicted molar refractivity (Wildman–Crippen MR) is 189 cm³/mol. The van der Waals surface area contributed by atoms with Crippen LogP contribution in [0.3, 0.4) is 0 Å². The summed E-state index contributed by atoms with van der Waals surface area (Å²) in [5.74, 6) is 1.33. The van der Waals surface area contributed by atoms with Gasteiger partial charge in [0, 0.05) is 5.56 Å². The van der Waals surface area contributed by atoms with Crippen molar-refractivity contribution >= 4 is 0 Å². The van der Waals surface area contributed by atoms with Gasteiger partial charge in [0.15, 0.2) is 11.6 Å².